The number of amides is 1. The molecular weight excluding hydrogens is 321 g/mol. The van der Waals surface area contributed by atoms with Crippen molar-refractivity contribution in [3.63, 3.8) is 0 Å². The second kappa shape index (κ2) is 7.52. The number of ether oxygens (including phenoxy) is 1. The maximum absolute atomic E-state index is 12.5. The molecule has 0 bridgehead atoms. The minimum atomic E-state index is -0.120. The van der Waals surface area contributed by atoms with Crippen LogP contribution in [0.4, 0.5) is 0 Å². The third-order valence-corrected chi connectivity index (χ3v) is 3.93. The van der Waals surface area contributed by atoms with E-state index in [0.29, 0.717) is 28.8 Å². The van der Waals surface area contributed by atoms with Crippen LogP contribution in [0.1, 0.15) is 22.8 Å². The molecule has 0 fully saturated rings. The van der Waals surface area contributed by atoms with Crippen molar-refractivity contribution in [3.05, 3.63) is 63.6 Å². The summed E-state index contributed by atoms with van der Waals surface area (Å²) in [5.74, 6) is 0.670. The molecular formula is C17H17Cl2NO2. The SMILES string of the molecule is CCOc1ccccc1CN(C)C(=O)c1ccc(Cl)c(Cl)c1. The molecule has 116 valence electrons. The highest BCUT2D eigenvalue weighted by atomic mass is 35.5. The van der Waals surface area contributed by atoms with Crippen molar-refractivity contribution in [2.45, 2.75) is 13.5 Å². The Morgan fingerprint density at radius 1 is 1.14 bits per heavy atom. The number of hydrogen-bond acceptors (Lipinski definition) is 2. The molecule has 0 unspecified atom stereocenters. The van der Waals surface area contributed by atoms with E-state index < -0.39 is 0 Å². The van der Waals surface area contributed by atoms with Crippen LogP contribution in [0.5, 0.6) is 5.75 Å². The van der Waals surface area contributed by atoms with Crippen molar-refractivity contribution < 1.29 is 9.53 Å². The van der Waals surface area contributed by atoms with Crippen LogP contribution in [-0.2, 0) is 6.54 Å². The number of carbonyl (C=O) groups is 1. The third-order valence-electron chi connectivity index (χ3n) is 3.19. The van der Waals surface area contributed by atoms with E-state index in [4.69, 9.17) is 27.9 Å². The van der Waals surface area contributed by atoms with Crippen LogP contribution in [0.3, 0.4) is 0 Å². The maximum atomic E-state index is 12.5. The first kappa shape index (κ1) is 16.7. The number of nitrogens with zero attached hydrogens (tertiary/aromatic N) is 1. The molecule has 22 heavy (non-hydrogen) atoms. The average Bonchev–Trinajstić information content (AvgIpc) is 2.51. The summed E-state index contributed by atoms with van der Waals surface area (Å²) in [6, 6.07) is 12.6. The van der Waals surface area contributed by atoms with E-state index in [1.54, 1.807) is 30.1 Å². The smallest absolute Gasteiger partial charge is 0.253 e. The second-order valence-electron chi connectivity index (χ2n) is 4.83. The summed E-state index contributed by atoms with van der Waals surface area (Å²) in [5.41, 5.74) is 1.46. The third kappa shape index (κ3) is 3.93. The van der Waals surface area contributed by atoms with Gasteiger partial charge in [0.15, 0.2) is 0 Å². The first-order valence-corrected chi connectivity index (χ1v) is 7.69. The number of carbonyl (C=O) groups excluding carboxylic acids is 1. The van der Waals surface area contributed by atoms with E-state index in [0.717, 1.165) is 11.3 Å². The quantitative estimate of drug-likeness (QED) is 0.793. The van der Waals surface area contributed by atoms with Crippen molar-refractivity contribution in [1.29, 1.82) is 0 Å². The molecule has 0 aromatic heterocycles. The van der Waals surface area contributed by atoms with Crippen LogP contribution in [0.2, 0.25) is 10.0 Å². The molecule has 0 aliphatic heterocycles. The Hall–Kier alpha value is -1.71. The number of benzene rings is 2. The summed E-state index contributed by atoms with van der Waals surface area (Å²) in [6.45, 7) is 2.97. The van der Waals surface area contributed by atoms with Gasteiger partial charge in [0.05, 0.1) is 16.7 Å². The fraction of sp³-hybridized carbons (Fsp3) is 0.235. The zero-order valence-corrected chi connectivity index (χ0v) is 14.0. The molecule has 2 aromatic carbocycles. The van der Waals surface area contributed by atoms with Crippen LogP contribution in [0.25, 0.3) is 0 Å². The van der Waals surface area contributed by atoms with E-state index in [2.05, 4.69) is 0 Å². The van der Waals surface area contributed by atoms with Gasteiger partial charge in [-0.15, -0.1) is 0 Å². The monoisotopic (exact) mass is 337 g/mol. The van der Waals surface area contributed by atoms with Gasteiger partial charge >= 0.3 is 0 Å². The normalized spacial score (nSPS) is 10.4. The fourth-order valence-corrected chi connectivity index (χ4v) is 2.41. The first-order valence-electron chi connectivity index (χ1n) is 6.94. The number of rotatable bonds is 5. The predicted molar refractivity (Wildman–Crippen MR) is 89.9 cm³/mol. The van der Waals surface area contributed by atoms with Crippen molar-refractivity contribution in [1.82, 2.24) is 4.90 Å². The van der Waals surface area contributed by atoms with Crippen LogP contribution >= 0.6 is 23.2 Å². The molecule has 1 amide bonds. The van der Waals surface area contributed by atoms with Crippen molar-refractivity contribution in [2.24, 2.45) is 0 Å². The van der Waals surface area contributed by atoms with Crippen molar-refractivity contribution >= 4 is 29.1 Å². The summed E-state index contributed by atoms with van der Waals surface area (Å²) in [4.78, 5) is 14.1. The molecule has 0 saturated carbocycles. The average molecular weight is 338 g/mol. The molecule has 3 nitrogen and oxygen atoms in total. The van der Waals surface area contributed by atoms with Gasteiger partial charge in [0.25, 0.3) is 5.91 Å². The number of para-hydroxylation sites is 1. The Morgan fingerprint density at radius 3 is 2.55 bits per heavy atom. The lowest BCUT2D eigenvalue weighted by atomic mass is 10.1. The lowest BCUT2D eigenvalue weighted by Crippen LogP contribution is -2.26. The zero-order valence-electron chi connectivity index (χ0n) is 12.5. The van der Waals surface area contributed by atoms with E-state index in [-0.39, 0.29) is 5.91 Å². The van der Waals surface area contributed by atoms with Crippen molar-refractivity contribution in [2.75, 3.05) is 13.7 Å². The largest absolute Gasteiger partial charge is 0.494 e. The van der Waals surface area contributed by atoms with Gasteiger partial charge < -0.3 is 9.64 Å². The van der Waals surface area contributed by atoms with Gasteiger partial charge in [0.1, 0.15) is 5.75 Å². The highest BCUT2D eigenvalue weighted by Crippen LogP contribution is 2.24. The Bertz CT molecular complexity index is 673. The van der Waals surface area contributed by atoms with Gasteiger partial charge in [-0.25, -0.2) is 0 Å². The lowest BCUT2D eigenvalue weighted by molar-refractivity contribution is 0.0784. The van der Waals surface area contributed by atoms with E-state index in [1.807, 2.05) is 31.2 Å². The minimum Gasteiger partial charge on any atom is -0.494 e. The Morgan fingerprint density at radius 2 is 1.86 bits per heavy atom. The second-order valence-corrected chi connectivity index (χ2v) is 5.65. The maximum Gasteiger partial charge on any atom is 0.253 e. The topological polar surface area (TPSA) is 29.5 Å². The summed E-state index contributed by atoms with van der Waals surface area (Å²) >= 11 is 11.8. The van der Waals surface area contributed by atoms with Crippen LogP contribution in [0, 0.1) is 0 Å². The van der Waals surface area contributed by atoms with Gasteiger partial charge in [0, 0.05) is 24.7 Å². The molecule has 0 saturated heterocycles. The van der Waals surface area contributed by atoms with Gasteiger partial charge in [-0.2, -0.15) is 0 Å². The van der Waals surface area contributed by atoms with E-state index >= 15 is 0 Å². The van der Waals surface area contributed by atoms with E-state index in [1.165, 1.54) is 0 Å². The molecule has 2 aromatic rings. The van der Waals surface area contributed by atoms with Gasteiger partial charge in [-0.05, 0) is 31.2 Å². The lowest BCUT2D eigenvalue weighted by Gasteiger charge is -2.19. The summed E-state index contributed by atoms with van der Waals surface area (Å²) in [5, 5.41) is 0.804. The predicted octanol–water partition coefficient (Wildman–Crippen LogP) is 4.66. The van der Waals surface area contributed by atoms with Crippen molar-refractivity contribution in [3.8, 4) is 5.75 Å². The summed E-state index contributed by atoms with van der Waals surface area (Å²) in [6.07, 6.45) is 0. The highest BCUT2D eigenvalue weighted by molar-refractivity contribution is 6.42. The standard InChI is InChI=1S/C17H17Cl2NO2/c1-3-22-16-7-5-4-6-13(16)11-20(2)17(21)12-8-9-14(18)15(19)10-12/h4-10H,3,11H2,1-2H3. The molecule has 0 N–H and O–H groups in total. The van der Waals surface area contributed by atoms with Crippen LogP contribution in [0.15, 0.2) is 42.5 Å². The van der Waals surface area contributed by atoms with Crippen LogP contribution in [-0.4, -0.2) is 24.5 Å². The highest BCUT2D eigenvalue weighted by Gasteiger charge is 2.15. The zero-order chi connectivity index (χ0) is 16.1. The van der Waals surface area contributed by atoms with Crippen LogP contribution < -0.4 is 4.74 Å². The fourth-order valence-electron chi connectivity index (χ4n) is 2.11. The molecule has 0 heterocycles. The van der Waals surface area contributed by atoms with Gasteiger partial charge in [0.2, 0.25) is 0 Å². The Kier molecular flexibility index (Phi) is 5.69. The molecule has 2 rings (SSSR count). The summed E-state index contributed by atoms with van der Waals surface area (Å²) < 4.78 is 5.58. The molecule has 0 radical (unpaired) electrons. The Balaban J connectivity index is 2.16. The first-order chi connectivity index (χ1) is 10.5. The minimum absolute atomic E-state index is 0.120. The Labute approximate surface area is 140 Å². The molecule has 0 atom stereocenters. The van der Waals surface area contributed by atoms with Gasteiger partial charge in [-0.3, -0.25) is 4.79 Å². The molecule has 0 spiro atoms. The molecule has 5 heteroatoms. The molecule has 0 aliphatic rings. The summed E-state index contributed by atoms with van der Waals surface area (Å²) in [7, 11) is 1.74. The number of halogens is 2. The molecule has 0 aliphatic carbocycles. The van der Waals surface area contributed by atoms with Gasteiger partial charge in [-0.1, -0.05) is 41.4 Å². The van der Waals surface area contributed by atoms with E-state index in [9.17, 15) is 4.79 Å². The number of hydrogen-bond donors (Lipinski definition) is 0.